The van der Waals surface area contributed by atoms with E-state index in [9.17, 15) is 5.11 Å². The minimum absolute atomic E-state index is 0.162. The average Bonchev–Trinajstić information content (AvgIpc) is 2.98. The predicted octanol–water partition coefficient (Wildman–Crippen LogP) is 2.08. The number of aliphatic hydroxyl groups is 1. The molecule has 1 aromatic carbocycles. The molecule has 1 aliphatic heterocycles. The molecule has 1 N–H and O–H groups in total. The van der Waals surface area contributed by atoms with E-state index in [1.54, 1.807) is 16.8 Å². The second-order valence-corrected chi connectivity index (χ2v) is 4.84. The third-order valence-electron chi connectivity index (χ3n) is 3.01. The van der Waals surface area contributed by atoms with Crippen LogP contribution >= 0.6 is 11.6 Å². The lowest BCUT2D eigenvalue weighted by Gasteiger charge is -2.11. The number of benzene rings is 1. The number of fused-ring (bicyclic) bond motifs is 1. The number of halogens is 1. The van der Waals surface area contributed by atoms with Crippen molar-refractivity contribution < 1.29 is 14.6 Å². The van der Waals surface area contributed by atoms with Gasteiger partial charge >= 0.3 is 0 Å². The summed E-state index contributed by atoms with van der Waals surface area (Å²) in [5.74, 6) is 1.11. The van der Waals surface area contributed by atoms with Crippen LogP contribution in [0, 0.1) is 0 Å². The van der Waals surface area contributed by atoms with E-state index in [0.717, 1.165) is 5.69 Å². The van der Waals surface area contributed by atoms with Gasteiger partial charge in [-0.15, -0.1) is 0 Å². The number of hydrogen-bond donors (Lipinski definition) is 1. The molecule has 0 aliphatic carbocycles. The van der Waals surface area contributed by atoms with Crippen LogP contribution in [0.4, 0.5) is 0 Å². The zero-order valence-electron chi connectivity index (χ0n) is 10.3. The van der Waals surface area contributed by atoms with Gasteiger partial charge in [0.15, 0.2) is 11.5 Å². The van der Waals surface area contributed by atoms with Gasteiger partial charge in [0.25, 0.3) is 0 Å². The molecule has 0 spiro atoms. The van der Waals surface area contributed by atoms with Crippen LogP contribution in [0.15, 0.2) is 24.4 Å². The van der Waals surface area contributed by atoms with Crippen LogP contribution in [0.25, 0.3) is 0 Å². The van der Waals surface area contributed by atoms with Crippen LogP contribution in [-0.4, -0.2) is 21.7 Å². The third kappa shape index (κ3) is 2.39. The summed E-state index contributed by atoms with van der Waals surface area (Å²) in [6.45, 7) is 0.162. The van der Waals surface area contributed by atoms with Crippen LogP contribution in [0.1, 0.15) is 17.4 Å². The molecule has 2 heterocycles. The number of aryl methyl sites for hydroxylation is 1. The molecule has 0 saturated heterocycles. The molecule has 0 bridgehead atoms. The summed E-state index contributed by atoms with van der Waals surface area (Å²) >= 11 is 6.09. The van der Waals surface area contributed by atoms with Gasteiger partial charge in [-0.1, -0.05) is 11.6 Å². The van der Waals surface area contributed by atoms with Crippen molar-refractivity contribution in [1.82, 2.24) is 9.78 Å². The highest BCUT2D eigenvalue weighted by atomic mass is 35.5. The maximum absolute atomic E-state index is 10.2. The molecule has 1 aromatic heterocycles. The molecular weight excluding hydrogens is 268 g/mol. The summed E-state index contributed by atoms with van der Waals surface area (Å²) in [6, 6.07) is 5.32. The Morgan fingerprint density at radius 1 is 1.47 bits per heavy atom. The lowest BCUT2D eigenvalue weighted by atomic mass is 10.0. The second kappa shape index (κ2) is 4.75. The number of aliphatic hydroxyl groups excluding tert-OH is 1. The van der Waals surface area contributed by atoms with Crippen LogP contribution in [0.5, 0.6) is 11.5 Å². The van der Waals surface area contributed by atoms with Gasteiger partial charge in [0.2, 0.25) is 6.79 Å². The van der Waals surface area contributed by atoms with E-state index in [2.05, 4.69) is 5.10 Å². The summed E-state index contributed by atoms with van der Waals surface area (Å²) in [5.41, 5.74) is 1.52. The molecule has 0 amide bonds. The van der Waals surface area contributed by atoms with Crippen molar-refractivity contribution in [3.63, 3.8) is 0 Å². The van der Waals surface area contributed by atoms with Crippen molar-refractivity contribution in [3.05, 3.63) is 40.7 Å². The number of rotatable bonds is 3. The third-order valence-corrected chi connectivity index (χ3v) is 3.29. The Bertz CT molecular complexity index is 612. The maximum Gasteiger partial charge on any atom is 0.231 e. The molecule has 3 rings (SSSR count). The zero-order chi connectivity index (χ0) is 13.4. The fourth-order valence-electron chi connectivity index (χ4n) is 2.07. The fraction of sp³-hybridized carbons (Fsp3) is 0.308. The summed E-state index contributed by atoms with van der Waals surface area (Å²) < 4.78 is 12.2. The van der Waals surface area contributed by atoms with E-state index < -0.39 is 6.10 Å². The Balaban J connectivity index is 1.84. The van der Waals surface area contributed by atoms with E-state index in [4.69, 9.17) is 21.1 Å². The van der Waals surface area contributed by atoms with Crippen LogP contribution in [0.2, 0.25) is 5.02 Å². The van der Waals surface area contributed by atoms with E-state index in [1.165, 1.54) is 0 Å². The van der Waals surface area contributed by atoms with Crippen molar-refractivity contribution in [2.75, 3.05) is 6.79 Å². The molecule has 100 valence electrons. The summed E-state index contributed by atoms with van der Waals surface area (Å²) in [5, 5.41) is 14.9. The topological polar surface area (TPSA) is 56.5 Å². The van der Waals surface area contributed by atoms with Crippen LogP contribution in [-0.2, 0) is 13.5 Å². The quantitative estimate of drug-likeness (QED) is 0.935. The minimum atomic E-state index is -0.679. The van der Waals surface area contributed by atoms with Gasteiger partial charge in [0.05, 0.1) is 16.8 Å². The maximum atomic E-state index is 10.2. The van der Waals surface area contributed by atoms with E-state index >= 15 is 0 Å². The van der Waals surface area contributed by atoms with Crippen molar-refractivity contribution in [3.8, 4) is 11.5 Å². The van der Waals surface area contributed by atoms with Crippen LogP contribution < -0.4 is 9.47 Å². The summed E-state index contributed by atoms with van der Waals surface area (Å²) in [7, 11) is 1.84. The van der Waals surface area contributed by atoms with Gasteiger partial charge in [0, 0.05) is 19.7 Å². The van der Waals surface area contributed by atoms with Crippen molar-refractivity contribution >= 4 is 11.6 Å². The number of aromatic nitrogens is 2. The molecule has 1 atom stereocenters. The summed E-state index contributed by atoms with van der Waals surface area (Å²) in [6.07, 6.45) is 1.59. The normalized spacial score (nSPS) is 14.7. The predicted molar refractivity (Wildman–Crippen MR) is 69.4 cm³/mol. The summed E-state index contributed by atoms with van der Waals surface area (Å²) in [4.78, 5) is 0. The van der Waals surface area contributed by atoms with Gasteiger partial charge in [-0.25, -0.2) is 0 Å². The highest BCUT2D eigenvalue weighted by Gasteiger charge is 2.21. The molecule has 1 unspecified atom stereocenters. The lowest BCUT2D eigenvalue weighted by Crippen LogP contribution is -2.03. The molecule has 6 heteroatoms. The molecule has 1 aliphatic rings. The lowest BCUT2D eigenvalue weighted by molar-refractivity contribution is 0.171. The Morgan fingerprint density at radius 2 is 2.32 bits per heavy atom. The van der Waals surface area contributed by atoms with Crippen molar-refractivity contribution in [2.45, 2.75) is 12.5 Å². The molecule has 0 radical (unpaired) electrons. The molecule has 5 nitrogen and oxygen atoms in total. The first-order valence-electron chi connectivity index (χ1n) is 5.89. The Morgan fingerprint density at radius 3 is 3.05 bits per heavy atom. The number of nitrogens with zero attached hydrogens (tertiary/aromatic N) is 2. The van der Waals surface area contributed by atoms with Gasteiger partial charge in [-0.2, -0.15) is 5.10 Å². The zero-order valence-corrected chi connectivity index (χ0v) is 11.1. The van der Waals surface area contributed by atoms with Gasteiger partial charge in [-0.3, -0.25) is 4.68 Å². The number of hydrogen-bond acceptors (Lipinski definition) is 4. The van der Waals surface area contributed by atoms with Gasteiger partial charge in [0.1, 0.15) is 0 Å². The Kier molecular flexibility index (Phi) is 3.08. The largest absolute Gasteiger partial charge is 0.454 e. The number of ether oxygens (including phenoxy) is 2. The molecular formula is C13H13ClN2O3. The molecule has 2 aromatic rings. The average molecular weight is 281 g/mol. The minimum Gasteiger partial charge on any atom is -0.454 e. The molecule has 19 heavy (non-hydrogen) atoms. The fourth-order valence-corrected chi connectivity index (χ4v) is 2.34. The first-order valence-corrected chi connectivity index (χ1v) is 6.27. The van der Waals surface area contributed by atoms with Gasteiger partial charge in [-0.05, 0) is 23.8 Å². The van der Waals surface area contributed by atoms with E-state index in [-0.39, 0.29) is 6.79 Å². The van der Waals surface area contributed by atoms with Crippen molar-refractivity contribution in [1.29, 1.82) is 0 Å². The first-order chi connectivity index (χ1) is 9.13. The van der Waals surface area contributed by atoms with Crippen LogP contribution in [0.3, 0.4) is 0 Å². The molecule has 0 fully saturated rings. The van der Waals surface area contributed by atoms with Crippen molar-refractivity contribution in [2.24, 2.45) is 7.05 Å². The Labute approximate surface area is 115 Å². The highest BCUT2D eigenvalue weighted by molar-refractivity contribution is 6.32. The smallest absolute Gasteiger partial charge is 0.231 e. The first kappa shape index (κ1) is 12.3. The molecule has 0 saturated carbocycles. The Hall–Kier alpha value is -1.72. The SMILES string of the molecule is Cn1ccc(CC(O)c2cc(Cl)c3c(c2)OCO3)n1. The standard InChI is InChI=1S/C13H13ClN2O3/c1-16-3-2-9(15-16)6-11(17)8-4-10(14)13-12(5-8)18-7-19-13/h2-5,11,17H,6-7H2,1H3. The highest BCUT2D eigenvalue weighted by Crippen LogP contribution is 2.41. The monoisotopic (exact) mass is 280 g/mol. The van der Waals surface area contributed by atoms with Gasteiger partial charge < -0.3 is 14.6 Å². The second-order valence-electron chi connectivity index (χ2n) is 4.44. The van der Waals surface area contributed by atoms with E-state index in [0.29, 0.717) is 28.5 Å². The van der Waals surface area contributed by atoms with E-state index in [1.807, 2.05) is 19.3 Å².